The average molecular weight is 587 g/mol. The lowest BCUT2D eigenvalue weighted by atomic mass is 9.83. The molecule has 0 saturated heterocycles. The Balaban J connectivity index is 1.51. The smallest absolute Gasteiger partial charge is 0.0986 e. The summed E-state index contributed by atoms with van der Waals surface area (Å²) in [6.45, 7) is 0. The van der Waals surface area contributed by atoms with Gasteiger partial charge in [-0.3, -0.25) is 4.90 Å². The fourth-order valence-corrected chi connectivity index (χ4v) is 12.6. The van der Waals surface area contributed by atoms with E-state index in [4.69, 9.17) is 5.73 Å². The lowest BCUT2D eigenvalue weighted by Crippen LogP contribution is -2.59. The maximum Gasteiger partial charge on any atom is 0.0986 e. The van der Waals surface area contributed by atoms with Crippen molar-refractivity contribution < 1.29 is 0 Å². The normalized spacial score (nSPS) is 18.4. The summed E-state index contributed by atoms with van der Waals surface area (Å²) in [5.74, 6) is 0.309. The van der Waals surface area contributed by atoms with Gasteiger partial charge in [-0.25, -0.2) is 0 Å². The highest BCUT2D eigenvalue weighted by Crippen LogP contribution is 2.55. The fraction of sp³-hybridized carbons (Fsp3) is 0.211. The van der Waals surface area contributed by atoms with Gasteiger partial charge in [0, 0.05) is 5.92 Å². The van der Waals surface area contributed by atoms with Crippen molar-refractivity contribution in [2.24, 2.45) is 11.7 Å². The monoisotopic (exact) mass is 586 g/mol. The number of nitrogens with zero attached hydrogens (tertiary/aromatic N) is 1. The maximum atomic E-state index is 7.89. The number of benzene rings is 5. The number of hydrogen-bond donors (Lipinski definition) is 1. The van der Waals surface area contributed by atoms with Gasteiger partial charge in [0.1, 0.15) is 0 Å². The van der Waals surface area contributed by atoms with Crippen molar-refractivity contribution in [2.45, 2.75) is 30.6 Å². The second-order valence-corrected chi connectivity index (χ2v) is 16.0. The molecule has 2 nitrogen and oxygen atoms in total. The molecule has 3 atom stereocenters. The average Bonchev–Trinajstić information content (AvgIpc) is 3.53. The van der Waals surface area contributed by atoms with Crippen molar-refractivity contribution in [3.05, 3.63) is 151 Å². The highest BCUT2D eigenvalue weighted by atomic mass is 31.1. The Morgan fingerprint density at radius 1 is 0.571 bits per heavy atom. The summed E-state index contributed by atoms with van der Waals surface area (Å²) < 4.78 is 0. The Hall–Kier alpha value is -3.12. The Labute approximate surface area is 254 Å². The molecule has 1 aliphatic carbocycles. The van der Waals surface area contributed by atoms with Gasteiger partial charge in [-0.15, -0.1) is 0 Å². The zero-order valence-corrected chi connectivity index (χ0v) is 26.3. The van der Waals surface area contributed by atoms with E-state index in [0.29, 0.717) is 11.6 Å². The standard InChI is InChI=1S/C38H40N2P2/c1-40(2)38(39,35-27-17-29-37(35)42(32-22-11-5-12-23-32)33-24-13-6-14-25-33)34-26-15-16-28-36(34)41(30-18-7-3-8-19-30)31-20-9-4-10-21-31/h3-16,18-26,28,35,37H,17,27,29,39H2,1-2H3/t35?,37?,38-/m0/s1. The molecule has 212 valence electrons. The Bertz CT molecular complexity index is 1480. The van der Waals surface area contributed by atoms with Gasteiger partial charge in [0.05, 0.1) is 5.66 Å². The predicted octanol–water partition coefficient (Wildman–Crippen LogP) is 6.42. The van der Waals surface area contributed by atoms with Gasteiger partial charge in [0.2, 0.25) is 0 Å². The first-order valence-electron chi connectivity index (χ1n) is 14.9. The predicted molar refractivity (Wildman–Crippen MR) is 185 cm³/mol. The minimum atomic E-state index is -0.789. The van der Waals surface area contributed by atoms with Gasteiger partial charge in [-0.2, -0.15) is 0 Å². The Kier molecular flexibility index (Phi) is 8.99. The molecule has 0 spiro atoms. The minimum Gasteiger partial charge on any atom is -0.309 e. The molecule has 2 N–H and O–H groups in total. The van der Waals surface area contributed by atoms with Crippen LogP contribution in [0.4, 0.5) is 0 Å². The Morgan fingerprint density at radius 3 is 1.48 bits per heavy atom. The molecule has 0 amide bonds. The van der Waals surface area contributed by atoms with E-state index < -0.39 is 21.5 Å². The summed E-state index contributed by atoms with van der Waals surface area (Å²) in [6.07, 6.45) is 3.52. The van der Waals surface area contributed by atoms with Crippen molar-refractivity contribution in [3.8, 4) is 0 Å². The van der Waals surface area contributed by atoms with Gasteiger partial charge in [0.25, 0.3) is 0 Å². The van der Waals surface area contributed by atoms with Crippen LogP contribution in [0, 0.1) is 5.92 Å². The summed E-state index contributed by atoms with van der Waals surface area (Å²) in [4.78, 5) is 2.32. The molecule has 5 aromatic rings. The van der Waals surface area contributed by atoms with Crippen molar-refractivity contribution in [3.63, 3.8) is 0 Å². The highest BCUT2D eigenvalue weighted by Gasteiger charge is 2.49. The van der Waals surface area contributed by atoms with E-state index in [2.05, 4.69) is 165 Å². The third kappa shape index (κ3) is 5.62. The van der Waals surface area contributed by atoms with Crippen LogP contribution in [-0.4, -0.2) is 24.7 Å². The van der Waals surface area contributed by atoms with Crippen molar-refractivity contribution in [1.82, 2.24) is 4.90 Å². The lowest BCUT2D eigenvalue weighted by molar-refractivity contribution is 0.0866. The molecule has 2 unspecified atom stereocenters. The van der Waals surface area contributed by atoms with Gasteiger partial charge >= 0.3 is 0 Å². The molecular weight excluding hydrogens is 546 g/mol. The molecule has 0 aliphatic heterocycles. The molecule has 0 heterocycles. The molecule has 1 aliphatic rings. The zero-order chi connectivity index (χ0) is 28.9. The van der Waals surface area contributed by atoms with Crippen molar-refractivity contribution in [1.29, 1.82) is 0 Å². The summed E-state index contributed by atoms with van der Waals surface area (Å²) in [6, 6.07) is 53.4. The van der Waals surface area contributed by atoms with Crippen LogP contribution >= 0.6 is 15.8 Å². The van der Waals surface area contributed by atoms with Crippen LogP contribution < -0.4 is 32.3 Å². The first-order chi connectivity index (χ1) is 20.6. The van der Waals surface area contributed by atoms with E-state index in [1.807, 2.05) is 0 Å². The second kappa shape index (κ2) is 13.0. The summed E-state index contributed by atoms with van der Waals surface area (Å²) >= 11 is 0. The molecule has 4 heteroatoms. The quantitative estimate of drug-likeness (QED) is 0.160. The first kappa shape index (κ1) is 29.0. The molecule has 1 saturated carbocycles. The zero-order valence-electron chi connectivity index (χ0n) is 24.6. The van der Waals surface area contributed by atoms with Crippen LogP contribution in [0.1, 0.15) is 24.8 Å². The molecular formula is C38H40N2P2. The molecule has 5 aromatic carbocycles. The molecule has 0 radical (unpaired) electrons. The van der Waals surface area contributed by atoms with E-state index >= 15 is 0 Å². The molecule has 42 heavy (non-hydrogen) atoms. The topological polar surface area (TPSA) is 29.3 Å². The van der Waals surface area contributed by atoms with E-state index in [0.717, 1.165) is 6.42 Å². The van der Waals surface area contributed by atoms with E-state index in [1.54, 1.807) is 0 Å². The molecule has 1 fully saturated rings. The van der Waals surface area contributed by atoms with Crippen molar-refractivity contribution >= 4 is 42.4 Å². The summed E-state index contributed by atoms with van der Waals surface area (Å²) in [5, 5.41) is 6.95. The highest BCUT2D eigenvalue weighted by molar-refractivity contribution is 7.80. The third-order valence-electron chi connectivity index (χ3n) is 8.79. The molecule has 6 rings (SSSR count). The van der Waals surface area contributed by atoms with Gasteiger partial charge in [-0.05, 0) is 80.5 Å². The van der Waals surface area contributed by atoms with Crippen LogP contribution in [-0.2, 0) is 5.66 Å². The number of nitrogens with two attached hydrogens (primary N) is 1. The summed E-state index contributed by atoms with van der Waals surface area (Å²) in [7, 11) is 3.00. The van der Waals surface area contributed by atoms with Gasteiger partial charge < -0.3 is 5.73 Å². The van der Waals surface area contributed by atoms with Crippen LogP contribution in [0.3, 0.4) is 0 Å². The maximum absolute atomic E-state index is 7.89. The minimum absolute atomic E-state index is 0.309. The molecule has 0 aromatic heterocycles. The lowest BCUT2D eigenvalue weighted by Gasteiger charge is -2.47. The fourth-order valence-electron chi connectivity index (χ4n) is 6.83. The van der Waals surface area contributed by atoms with Crippen LogP contribution in [0.5, 0.6) is 0 Å². The molecule has 0 bridgehead atoms. The number of rotatable bonds is 9. The van der Waals surface area contributed by atoms with E-state index in [9.17, 15) is 0 Å². The summed E-state index contributed by atoms with van der Waals surface area (Å²) in [5.41, 5.74) is 9.02. The van der Waals surface area contributed by atoms with Crippen LogP contribution in [0.15, 0.2) is 146 Å². The second-order valence-electron chi connectivity index (χ2n) is 11.4. The Morgan fingerprint density at radius 2 is 1.00 bits per heavy atom. The van der Waals surface area contributed by atoms with Crippen LogP contribution in [0.25, 0.3) is 0 Å². The number of hydrogen-bond acceptors (Lipinski definition) is 2. The third-order valence-corrected chi connectivity index (χ3v) is 14.3. The van der Waals surface area contributed by atoms with Gasteiger partial charge in [0.15, 0.2) is 0 Å². The van der Waals surface area contributed by atoms with E-state index in [1.165, 1.54) is 44.9 Å². The van der Waals surface area contributed by atoms with Crippen LogP contribution in [0.2, 0.25) is 0 Å². The largest absolute Gasteiger partial charge is 0.309 e. The first-order valence-corrected chi connectivity index (χ1v) is 17.7. The van der Waals surface area contributed by atoms with Crippen molar-refractivity contribution in [2.75, 3.05) is 14.1 Å². The van der Waals surface area contributed by atoms with E-state index in [-0.39, 0.29) is 0 Å². The van der Waals surface area contributed by atoms with Gasteiger partial charge in [-0.1, -0.05) is 152 Å². The SMILES string of the molecule is CN(C)[C@@](N)(c1ccccc1P(c1ccccc1)c1ccccc1)C1CCCC1P(c1ccccc1)c1ccccc1.